The minimum absolute atomic E-state index is 0.589. The zero-order chi connectivity index (χ0) is 11.5. The summed E-state index contributed by atoms with van der Waals surface area (Å²) in [5, 5.41) is 1.24. The van der Waals surface area contributed by atoms with Crippen LogP contribution in [0.15, 0.2) is 24.3 Å². The number of nitrogens with zero attached hydrogens (tertiary/aromatic N) is 1. The van der Waals surface area contributed by atoms with Crippen LogP contribution < -0.4 is 5.73 Å². The van der Waals surface area contributed by atoms with Gasteiger partial charge < -0.3 is 15.0 Å². The van der Waals surface area contributed by atoms with Crippen molar-refractivity contribution in [3.8, 4) is 0 Å². The Kier molecular flexibility index (Phi) is 3.27. The zero-order valence-corrected chi connectivity index (χ0v) is 9.86. The lowest BCUT2D eigenvalue weighted by molar-refractivity contribution is 0.129. The van der Waals surface area contributed by atoms with Gasteiger partial charge in [0, 0.05) is 36.8 Å². The first-order chi connectivity index (χ1) is 7.76. The van der Waals surface area contributed by atoms with E-state index in [1.807, 2.05) is 6.92 Å². The lowest BCUT2D eigenvalue weighted by atomic mass is 10.1. The number of hydrogen-bond acceptors (Lipinski definition) is 2. The summed E-state index contributed by atoms with van der Waals surface area (Å²) in [6.07, 6.45) is 0. The summed E-state index contributed by atoms with van der Waals surface area (Å²) in [6, 6.07) is 8.51. The Morgan fingerprint density at radius 1 is 1.31 bits per heavy atom. The van der Waals surface area contributed by atoms with Crippen LogP contribution in [0.4, 0.5) is 0 Å². The molecule has 0 radical (unpaired) electrons. The van der Waals surface area contributed by atoms with Crippen LogP contribution in [0.25, 0.3) is 10.9 Å². The summed E-state index contributed by atoms with van der Waals surface area (Å²) in [4.78, 5) is 0. The van der Waals surface area contributed by atoms with Crippen LogP contribution >= 0.6 is 0 Å². The molecule has 1 aromatic heterocycles. The van der Waals surface area contributed by atoms with Crippen LogP contribution in [0.2, 0.25) is 0 Å². The van der Waals surface area contributed by atoms with Gasteiger partial charge in [-0.1, -0.05) is 6.07 Å². The molecular weight excluding hydrogens is 200 g/mol. The second kappa shape index (κ2) is 4.68. The van der Waals surface area contributed by atoms with Crippen LogP contribution in [-0.2, 0) is 24.9 Å². The molecule has 0 aliphatic rings. The van der Waals surface area contributed by atoms with Crippen molar-refractivity contribution >= 4 is 10.9 Å². The summed E-state index contributed by atoms with van der Waals surface area (Å²) in [6.45, 7) is 4.01. The Bertz CT molecular complexity index is 488. The number of benzene rings is 1. The van der Waals surface area contributed by atoms with E-state index in [-0.39, 0.29) is 0 Å². The summed E-state index contributed by atoms with van der Waals surface area (Å²) in [5.41, 5.74) is 9.23. The molecule has 0 saturated carbocycles. The van der Waals surface area contributed by atoms with Crippen LogP contribution in [-0.4, -0.2) is 11.2 Å². The topological polar surface area (TPSA) is 40.2 Å². The van der Waals surface area contributed by atoms with E-state index in [2.05, 4.69) is 35.9 Å². The Labute approximate surface area is 95.8 Å². The largest absolute Gasteiger partial charge is 0.376 e. The normalized spacial score (nSPS) is 11.2. The van der Waals surface area contributed by atoms with E-state index in [9.17, 15) is 0 Å². The molecule has 3 heteroatoms. The van der Waals surface area contributed by atoms with Crippen molar-refractivity contribution in [1.29, 1.82) is 0 Å². The van der Waals surface area contributed by atoms with Gasteiger partial charge in [-0.2, -0.15) is 0 Å². The number of ether oxygens (including phenoxy) is 1. The fourth-order valence-corrected chi connectivity index (χ4v) is 1.93. The fraction of sp³-hybridized carbons (Fsp3) is 0.385. The van der Waals surface area contributed by atoms with E-state index >= 15 is 0 Å². The molecule has 0 atom stereocenters. The Hall–Kier alpha value is -1.32. The number of fused-ring (bicyclic) bond motifs is 1. The number of nitrogens with two attached hydrogens (primary N) is 1. The van der Waals surface area contributed by atoms with Gasteiger partial charge in [-0.3, -0.25) is 0 Å². The summed E-state index contributed by atoms with van der Waals surface area (Å²) in [5.74, 6) is 0. The predicted molar refractivity (Wildman–Crippen MR) is 66.1 cm³/mol. The monoisotopic (exact) mass is 218 g/mol. The molecule has 0 aliphatic carbocycles. The first kappa shape index (κ1) is 11.2. The van der Waals surface area contributed by atoms with Crippen LogP contribution in [0.3, 0.4) is 0 Å². The maximum Gasteiger partial charge on any atom is 0.0867 e. The van der Waals surface area contributed by atoms with Crippen molar-refractivity contribution in [3.05, 3.63) is 35.5 Å². The van der Waals surface area contributed by atoms with Gasteiger partial charge in [0.1, 0.15) is 0 Å². The van der Waals surface area contributed by atoms with Gasteiger partial charge in [0.05, 0.1) is 6.61 Å². The van der Waals surface area contributed by atoms with E-state index in [0.717, 1.165) is 6.61 Å². The van der Waals surface area contributed by atoms with Crippen LogP contribution in [0, 0.1) is 0 Å². The SMILES string of the molecule is CCOCc1cc2cc(CN)ccc2n1C. The first-order valence-corrected chi connectivity index (χ1v) is 5.61. The van der Waals surface area contributed by atoms with Crippen molar-refractivity contribution in [3.63, 3.8) is 0 Å². The average Bonchev–Trinajstić information content (AvgIpc) is 2.63. The highest BCUT2D eigenvalue weighted by molar-refractivity contribution is 5.82. The second-order valence-corrected chi connectivity index (χ2v) is 3.93. The minimum atomic E-state index is 0.589. The van der Waals surface area contributed by atoms with Crippen molar-refractivity contribution in [1.82, 2.24) is 4.57 Å². The van der Waals surface area contributed by atoms with E-state index < -0.39 is 0 Å². The van der Waals surface area contributed by atoms with Crippen molar-refractivity contribution < 1.29 is 4.74 Å². The van der Waals surface area contributed by atoms with Gasteiger partial charge >= 0.3 is 0 Å². The standard InChI is InChI=1S/C13H18N2O/c1-3-16-9-12-7-11-6-10(8-14)4-5-13(11)15(12)2/h4-7H,3,8-9,14H2,1-2H3. The van der Waals surface area contributed by atoms with Gasteiger partial charge in [0.15, 0.2) is 0 Å². The van der Waals surface area contributed by atoms with Gasteiger partial charge in [-0.15, -0.1) is 0 Å². The van der Waals surface area contributed by atoms with Crippen LogP contribution in [0.5, 0.6) is 0 Å². The highest BCUT2D eigenvalue weighted by atomic mass is 16.5. The van der Waals surface area contributed by atoms with Gasteiger partial charge in [0.25, 0.3) is 0 Å². The van der Waals surface area contributed by atoms with E-state index in [1.54, 1.807) is 0 Å². The molecule has 0 bridgehead atoms. The number of aromatic nitrogens is 1. The Morgan fingerprint density at radius 3 is 2.81 bits per heavy atom. The number of rotatable bonds is 4. The third kappa shape index (κ3) is 1.96. The molecule has 0 amide bonds. The number of aryl methyl sites for hydroxylation is 1. The minimum Gasteiger partial charge on any atom is -0.376 e. The van der Waals surface area contributed by atoms with Crippen molar-refractivity contribution in [2.24, 2.45) is 12.8 Å². The Balaban J connectivity index is 2.41. The molecule has 16 heavy (non-hydrogen) atoms. The second-order valence-electron chi connectivity index (χ2n) is 3.93. The highest BCUT2D eigenvalue weighted by Crippen LogP contribution is 2.20. The van der Waals surface area contributed by atoms with E-state index in [4.69, 9.17) is 10.5 Å². The third-order valence-electron chi connectivity index (χ3n) is 2.90. The van der Waals surface area contributed by atoms with Crippen LogP contribution in [0.1, 0.15) is 18.2 Å². The molecule has 2 aromatic rings. The molecule has 0 aliphatic heterocycles. The molecule has 0 saturated heterocycles. The third-order valence-corrected chi connectivity index (χ3v) is 2.90. The van der Waals surface area contributed by atoms with E-state index in [1.165, 1.54) is 22.2 Å². The van der Waals surface area contributed by atoms with Gasteiger partial charge in [-0.25, -0.2) is 0 Å². The number of hydrogen-bond donors (Lipinski definition) is 1. The molecular formula is C13H18N2O. The fourth-order valence-electron chi connectivity index (χ4n) is 1.93. The summed E-state index contributed by atoms with van der Waals surface area (Å²) in [7, 11) is 2.07. The summed E-state index contributed by atoms with van der Waals surface area (Å²) >= 11 is 0. The molecule has 2 N–H and O–H groups in total. The maximum atomic E-state index is 5.63. The van der Waals surface area contributed by atoms with E-state index in [0.29, 0.717) is 13.2 Å². The molecule has 0 unspecified atom stereocenters. The predicted octanol–water partition coefficient (Wildman–Crippen LogP) is 2.17. The molecule has 2 rings (SSSR count). The average molecular weight is 218 g/mol. The van der Waals surface area contributed by atoms with Gasteiger partial charge in [0.2, 0.25) is 0 Å². The zero-order valence-electron chi connectivity index (χ0n) is 9.86. The van der Waals surface area contributed by atoms with Crippen molar-refractivity contribution in [2.45, 2.75) is 20.1 Å². The van der Waals surface area contributed by atoms with Crippen molar-refractivity contribution in [2.75, 3.05) is 6.61 Å². The highest BCUT2D eigenvalue weighted by Gasteiger charge is 2.05. The molecule has 0 spiro atoms. The Morgan fingerprint density at radius 2 is 2.12 bits per heavy atom. The summed E-state index contributed by atoms with van der Waals surface area (Å²) < 4.78 is 7.61. The molecule has 1 heterocycles. The first-order valence-electron chi connectivity index (χ1n) is 5.61. The molecule has 0 fully saturated rings. The van der Waals surface area contributed by atoms with Gasteiger partial charge in [-0.05, 0) is 30.7 Å². The molecule has 3 nitrogen and oxygen atoms in total. The smallest absolute Gasteiger partial charge is 0.0867 e. The quantitative estimate of drug-likeness (QED) is 0.854. The molecule has 86 valence electrons. The lowest BCUT2D eigenvalue weighted by Crippen LogP contribution is -1.99. The molecule has 1 aromatic carbocycles. The lowest BCUT2D eigenvalue weighted by Gasteiger charge is -2.04. The maximum absolute atomic E-state index is 5.63.